The van der Waals surface area contributed by atoms with Gasteiger partial charge in [-0.15, -0.1) is 0 Å². The number of nitro benzene ring substituents is 1. The molecule has 3 aromatic carbocycles. The van der Waals surface area contributed by atoms with Crippen LogP contribution in [-0.4, -0.2) is 26.1 Å². The van der Waals surface area contributed by atoms with Gasteiger partial charge in [0.05, 0.1) is 27.3 Å². The van der Waals surface area contributed by atoms with E-state index in [0.717, 1.165) is 22.9 Å². The van der Waals surface area contributed by atoms with Gasteiger partial charge in [-0.05, 0) is 73.5 Å². The van der Waals surface area contributed by atoms with Crippen molar-refractivity contribution >= 4 is 63.1 Å². The number of amides is 1. The molecule has 11 heteroatoms. The fourth-order valence-corrected chi connectivity index (χ4v) is 4.53. The first-order chi connectivity index (χ1) is 16.6. The molecule has 0 fully saturated rings. The van der Waals surface area contributed by atoms with Crippen LogP contribution in [0.25, 0.3) is 16.6 Å². The number of nitrogens with one attached hydrogen (secondary N) is 1. The Labute approximate surface area is 214 Å². The summed E-state index contributed by atoms with van der Waals surface area (Å²) in [6.07, 6.45) is 0. The van der Waals surface area contributed by atoms with Crippen molar-refractivity contribution in [2.45, 2.75) is 19.0 Å². The molecule has 0 aliphatic carbocycles. The lowest BCUT2D eigenvalue weighted by Gasteiger charge is -2.14. The minimum atomic E-state index is -0.540. The molecule has 1 heterocycles. The Morgan fingerprint density at radius 3 is 2.40 bits per heavy atom. The molecule has 4 rings (SSSR count). The van der Waals surface area contributed by atoms with E-state index < -0.39 is 10.8 Å². The van der Waals surface area contributed by atoms with Gasteiger partial charge >= 0.3 is 0 Å². The first-order valence-corrected chi connectivity index (χ1v) is 12.0. The second-order valence-electron chi connectivity index (χ2n) is 7.72. The highest BCUT2D eigenvalue weighted by atomic mass is 35.5. The first kappa shape index (κ1) is 24.7. The average molecular weight is 529 g/mol. The van der Waals surface area contributed by atoms with Crippen LogP contribution in [0.4, 0.5) is 11.4 Å². The third-order valence-electron chi connectivity index (χ3n) is 5.30. The largest absolute Gasteiger partial charge is 0.320 e. The van der Waals surface area contributed by atoms with Crippen LogP contribution in [0.1, 0.15) is 11.1 Å². The van der Waals surface area contributed by atoms with E-state index in [9.17, 15) is 19.7 Å². The van der Waals surface area contributed by atoms with Crippen LogP contribution in [0, 0.1) is 24.0 Å². The number of fused-ring (bicyclic) bond motifs is 1. The van der Waals surface area contributed by atoms with Crippen molar-refractivity contribution in [2.75, 3.05) is 11.1 Å². The molecular weight excluding hydrogens is 511 g/mol. The average Bonchev–Trinajstić information content (AvgIpc) is 2.80. The molecule has 0 saturated heterocycles. The van der Waals surface area contributed by atoms with E-state index in [0.29, 0.717) is 26.6 Å². The lowest BCUT2D eigenvalue weighted by Crippen LogP contribution is -2.23. The van der Waals surface area contributed by atoms with E-state index in [2.05, 4.69) is 10.3 Å². The maximum absolute atomic E-state index is 13.3. The zero-order chi connectivity index (χ0) is 25.3. The molecule has 0 spiro atoms. The summed E-state index contributed by atoms with van der Waals surface area (Å²) in [5, 5.41) is 15.6. The lowest BCUT2D eigenvalue weighted by molar-refractivity contribution is -0.384. The minimum Gasteiger partial charge on any atom is -0.320 e. The number of carbonyl (C=O) groups excluding carboxylic acids is 1. The Bertz CT molecular complexity index is 1540. The second-order valence-corrected chi connectivity index (χ2v) is 9.54. The SMILES string of the molecule is Cc1cc(NC(=O)CSc2nc3cc(Cl)ccc3c(=O)n2-c2ccc(Cl)cc2)c([N+](=O)[O-])cc1C. The number of nitro groups is 1. The highest BCUT2D eigenvalue weighted by Gasteiger charge is 2.19. The van der Waals surface area contributed by atoms with Crippen molar-refractivity contribution in [3.05, 3.63) is 96.2 Å². The quantitative estimate of drug-likeness (QED) is 0.143. The first-order valence-electron chi connectivity index (χ1n) is 10.3. The molecule has 0 saturated carbocycles. The summed E-state index contributed by atoms with van der Waals surface area (Å²) in [6.45, 7) is 3.57. The van der Waals surface area contributed by atoms with Crippen molar-refractivity contribution < 1.29 is 9.72 Å². The van der Waals surface area contributed by atoms with Gasteiger partial charge in [-0.2, -0.15) is 0 Å². The van der Waals surface area contributed by atoms with Crippen molar-refractivity contribution in [3.63, 3.8) is 0 Å². The zero-order valence-corrected chi connectivity index (χ0v) is 20.9. The van der Waals surface area contributed by atoms with Gasteiger partial charge in [0.2, 0.25) is 5.91 Å². The van der Waals surface area contributed by atoms with Gasteiger partial charge in [-0.1, -0.05) is 35.0 Å². The van der Waals surface area contributed by atoms with Crippen LogP contribution in [-0.2, 0) is 4.79 Å². The Kier molecular flexibility index (Phi) is 7.11. The molecule has 1 N–H and O–H groups in total. The number of aromatic nitrogens is 2. The van der Waals surface area contributed by atoms with Gasteiger partial charge in [-0.25, -0.2) is 4.98 Å². The summed E-state index contributed by atoms with van der Waals surface area (Å²) in [5.74, 6) is -0.625. The predicted octanol–water partition coefficient (Wildman–Crippen LogP) is 5.95. The van der Waals surface area contributed by atoms with E-state index in [-0.39, 0.29) is 27.8 Å². The molecule has 4 aromatic rings. The molecule has 0 bridgehead atoms. The Morgan fingerprint density at radius 2 is 1.71 bits per heavy atom. The third-order valence-corrected chi connectivity index (χ3v) is 6.73. The van der Waals surface area contributed by atoms with Crippen LogP contribution in [0.2, 0.25) is 10.0 Å². The van der Waals surface area contributed by atoms with Gasteiger partial charge in [0, 0.05) is 16.1 Å². The van der Waals surface area contributed by atoms with Crippen LogP contribution in [0.15, 0.2) is 64.5 Å². The van der Waals surface area contributed by atoms with Crippen LogP contribution < -0.4 is 10.9 Å². The number of hydrogen-bond acceptors (Lipinski definition) is 6. The van der Waals surface area contributed by atoms with Gasteiger partial charge < -0.3 is 5.32 Å². The summed E-state index contributed by atoms with van der Waals surface area (Å²) in [4.78, 5) is 41.5. The monoisotopic (exact) mass is 528 g/mol. The summed E-state index contributed by atoms with van der Waals surface area (Å²) < 4.78 is 1.39. The van der Waals surface area contributed by atoms with Crippen LogP contribution in [0.3, 0.4) is 0 Å². The number of thioether (sulfide) groups is 1. The molecule has 0 radical (unpaired) electrons. The van der Waals surface area contributed by atoms with E-state index in [4.69, 9.17) is 23.2 Å². The number of nitrogens with zero attached hydrogens (tertiary/aromatic N) is 3. The summed E-state index contributed by atoms with van der Waals surface area (Å²) in [5.41, 5.74) is 2.05. The van der Waals surface area contributed by atoms with E-state index in [1.54, 1.807) is 62.4 Å². The molecule has 8 nitrogen and oxygen atoms in total. The van der Waals surface area contributed by atoms with E-state index in [1.165, 1.54) is 10.6 Å². The fraction of sp³-hybridized carbons (Fsp3) is 0.125. The molecule has 1 amide bonds. The number of aryl methyl sites for hydroxylation is 2. The lowest BCUT2D eigenvalue weighted by atomic mass is 10.1. The maximum Gasteiger partial charge on any atom is 0.293 e. The van der Waals surface area contributed by atoms with Crippen molar-refractivity contribution in [3.8, 4) is 5.69 Å². The second kappa shape index (κ2) is 10.1. The number of hydrogen-bond donors (Lipinski definition) is 1. The van der Waals surface area contributed by atoms with Crippen molar-refractivity contribution in [1.29, 1.82) is 0 Å². The number of benzene rings is 3. The summed E-state index contributed by atoms with van der Waals surface area (Å²) in [7, 11) is 0. The molecule has 0 aliphatic rings. The van der Waals surface area contributed by atoms with Crippen molar-refractivity contribution in [1.82, 2.24) is 9.55 Å². The number of anilines is 1. The number of carbonyl (C=O) groups is 1. The number of halogens is 2. The summed E-state index contributed by atoms with van der Waals surface area (Å²) in [6, 6.07) is 14.4. The highest BCUT2D eigenvalue weighted by molar-refractivity contribution is 7.99. The Balaban J connectivity index is 1.69. The molecule has 0 atom stereocenters. The summed E-state index contributed by atoms with van der Waals surface area (Å²) >= 11 is 13.1. The van der Waals surface area contributed by atoms with Gasteiger partial charge in [0.25, 0.3) is 11.2 Å². The molecule has 35 heavy (non-hydrogen) atoms. The Hall–Kier alpha value is -3.40. The molecule has 178 valence electrons. The van der Waals surface area contributed by atoms with Gasteiger partial charge in [0.1, 0.15) is 5.69 Å². The molecule has 1 aromatic heterocycles. The van der Waals surface area contributed by atoms with E-state index in [1.807, 2.05) is 0 Å². The maximum atomic E-state index is 13.3. The standard InChI is InChI=1S/C24H18Cl2N4O4S/c1-13-9-20(21(30(33)34)10-14(13)2)27-22(31)12-35-24-28-19-11-16(26)5-8-18(19)23(32)29(24)17-6-3-15(25)4-7-17/h3-11H,12H2,1-2H3,(H,27,31). The van der Waals surface area contributed by atoms with Crippen molar-refractivity contribution in [2.24, 2.45) is 0 Å². The van der Waals surface area contributed by atoms with Crippen LogP contribution in [0.5, 0.6) is 0 Å². The van der Waals surface area contributed by atoms with E-state index >= 15 is 0 Å². The Morgan fingerprint density at radius 1 is 1.06 bits per heavy atom. The third kappa shape index (κ3) is 5.32. The highest BCUT2D eigenvalue weighted by Crippen LogP contribution is 2.29. The van der Waals surface area contributed by atoms with Gasteiger partial charge in [-0.3, -0.25) is 24.3 Å². The smallest absolute Gasteiger partial charge is 0.293 e. The fourth-order valence-electron chi connectivity index (χ4n) is 3.42. The predicted molar refractivity (Wildman–Crippen MR) is 139 cm³/mol. The zero-order valence-electron chi connectivity index (χ0n) is 18.5. The number of rotatable bonds is 6. The van der Waals surface area contributed by atoms with Crippen LogP contribution >= 0.6 is 35.0 Å². The minimum absolute atomic E-state index is 0.108. The normalized spacial score (nSPS) is 11.0. The molecule has 0 unspecified atom stereocenters. The molecular formula is C24H18Cl2N4O4S. The molecule has 0 aliphatic heterocycles. The topological polar surface area (TPSA) is 107 Å². The van der Waals surface area contributed by atoms with Gasteiger partial charge in [0.15, 0.2) is 5.16 Å².